The number of anilines is 1. The van der Waals surface area contributed by atoms with Crippen LogP contribution in [0.4, 0.5) is 5.69 Å². The highest BCUT2D eigenvalue weighted by atomic mass is 35.5. The molecule has 1 unspecified atom stereocenters. The Kier molecular flexibility index (Phi) is 7.08. The summed E-state index contributed by atoms with van der Waals surface area (Å²) in [6.07, 6.45) is 1.72. The molecule has 1 aromatic carbocycles. The number of carbonyl (C=O) groups is 2. The molecule has 7 heteroatoms. The molecule has 0 aromatic heterocycles. The van der Waals surface area contributed by atoms with Gasteiger partial charge in [0.1, 0.15) is 11.7 Å². The highest BCUT2D eigenvalue weighted by molar-refractivity contribution is 6.31. The van der Waals surface area contributed by atoms with Gasteiger partial charge in [0, 0.05) is 5.02 Å². The fraction of sp³-hybridized carbons (Fsp3) is 0.556. The third kappa shape index (κ3) is 5.09. The molecule has 0 aliphatic carbocycles. The van der Waals surface area contributed by atoms with Crippen molar-refractivity contribution >= 4 is 29.2 Å². The number of rotatable bonds is 6. The van der Waals surface area contributed by atoms with Crippen molar-refractivity contribution in [3.8, 4) is 5.75 Å². The van der Waals surface area contributed by atoms with Crippen LogP contribution >= 0.6 is 11.6 Å². The van der Waals surface area contributed by atoms with Gasteiger partial charge < -0.3 is 19.7 Å². The molecule has 1 amide bonds. The summed E-state index contributed by atoms with van der Waals surface area (Å²) in [5.41, 5.74) is 0.546. The molecule has 0 spiro atoms. The monoisotopic (exact) mass is 369 g/mol. The van der Waals surface area contributed by atoms with Crippen LogP contribution in [0.25, 0.3) is 0 Å². The van der Waals surface area contributed by atoms with Gasteiger partial charge in [-0.2, -0.15) is 0 Å². The van der Waals surface area contributed by atoms with E-state index < -0.39 is 0 Å². The zero-order valence-corrected chi connectivity index (χ0v) is 15.7. The number of esters is 1. The fourth-order valence-corrected chi connectivity index (χ4v) is 3.33. The Morgan fingerprint density at radius 2 is 2.20 bits per heavy atom. The molecule has 0 bridgehead atoms. The Balaban J connectivity index is 2.02. The van der Waals surface area contributed by atoms with E-state index in [4.69, 9.17) is 21.1 Å². The number of likely N-dealkylation sites (tertiary alicyclic amines) is 1. The smallest absolute Gasteiger partial charge is 0.314 e. The third-order valence-electron chi connectivity index (χ3n) is 4.60. The summed E-state index contributed by atoms with van der Waals surface area (Å²) < 4.78 is 10.4. The van der Waals surface area contributed by atoms with E-state index in [2.05, 4.69) is 5.32 Å². The summed E-state index contributed by atoms with van der Waals surface area (Å²) in [4.78, 5) is 25.7. The summed E-state index contributed by atoms with van der Waals surface area (Å²) in [6.45, 7) is 5.53. The topological polar surface area (TPSA) is 69.1 Å². The molecule has 0 radical (unpaired) electrons. The second kappa shape index (κ2) is 9.06. The van der Waals surface area contributed by atoms with Gasteiger partial charge in [0.2, 0.25) is 0 Å². The Bertz CT molecular complexity index is 623. The van der Waals surface area contributed by atoms with Crippen LogP contribution in [0.3, 0.4) is 0 Å². The van der Waals surface area contributed by atoms with Crippen LogP contribution in [0.5, 0.6) is 5.75 Å². The Labute approximate surface area is 153 Å². The van der Waals surface area contributed by atoms with Crippen LogP contribution in [-0.4, -0.2) is 44.7 Å². The SMILES string of the molecule is CCOC(=O)[C@H]1CCC[NH+]([C@@H](C)C(=O)Nc2cc(Cl)ccc2OC)C1. The number of carbonyl (C=O) groups excluding carboxylic acids is 2. The van der Waals surface area contributed by atoms with Crippen molar-refractivity contribution in [3.05, 3.63) is 23.2 Å². The average Bonchev–Trinajstić information content (AvgIpc) is 2.61. The van der Waals surface area contributed by atoms with Gasteiger partial charge in [-0.15, -0.1) is 0 Å². The van der Waals surface area contributed by atoms with Crippen LogP contribution in [0.1, 0.15) is 26.7 Å². The second-order valence-corrected chi connectivity index (χ2v) is 6.70. The summed E-state index contributed by atoms with van der Waals surface area (Å²) in [7, 11) is 1.54. The predicted octanol–water partition coefficient (Wildman–Crippen LogP) is 1.53. The highest BCUT2D eigenvalue weighted by Gasteiger charge is 2.35. The first-order valence-electron chi connectivity index (χ1n) is 8.61. The number of amides is 1. The molecule has 3 atom stereocenters. The minimum atomic E-state index is -0.291. The normalized spacial score (nSPS) is 21.3. The maximum Gasteiger partial charge on any atom is 0.314 e. The van der Waals surface area contributed by atoms with E-state index in [1.165, 1.54) is 0 Å². The molecule has 138 valence electrons. The first-order valence-corrected chi connectivity index (χ1v) is 8.99. The molecule has 2 N–H and O–H groups in total. The highest BCUT2D eigenvalue weighted by Crippen LogP contribution is 2.27. The number of ether oxygens (including phenoxy) is 2. The van der Waals surface area contributed by atoms with Crippen LogP contribution in [0, 0.1) is 5.92 Å². The fourth-order valence-electron chi connectivity index (χ4n) is 3.15. The van der Waals surface area contributed by atoms with Gasteiger partial charge in [0.05, 0.1) is 32.5 Å². The first kappa shape index (κ1) is 19.5. The van der Waals surface area contributed by atoms with E-state index in [9.17, 15) is 9.59 Å². The zero-order valence-electron chi connectivity index (χ0n) is 14.9. The molecule has 0 saturated carbocycles. The molecule has 1 aliphatic rings. The van der Waals surface area contributed by atoms with E-state index >= 15 is 0 Å². The number of hydrogen-bond acceptors (Lipinski definition) is 4. The number of methoxy groups -OCH3 is 1. The minimum absolute atomic E-state index is 0.125. The van der Waals surface area contributed by atoms with Gasteiger partial charge in [-0.25, -0.2) is 0 Å². The van der Waals surface area contributed by atoms with Gasteiger partial charge in [-0.3, -0.25) is 9.59 Å². The molecule has 2 rings (SSSR count). The summed E-state index contributed by atoms with van der Waals surface area (Å²) in [5.74, 6) is 0.131. The van der Waals surface area contributed by atoms with E-state index in [-0.39, 0.29) is 23.8 Å². The van der Waals surface area contributed by atoms with Crippen LogP contribution in [-0.2, 0) is 14.3 Å². The van der Waals surface area contributed by atoms with Crippen molar-refractivity contribution in [2.45, 2.75) is 32.7 Å². The Morgan fingerprint density at radius 1 is 1.44 bits per heavy atom. The first-order chi connectivity index (χ1) is 12.0. The zero-order chi connectivity index (χ0) is 18.4. The second-order valence-electron chi connectivity index (χ2n) is 6.26. The van der Waals surface area contributed by atoms with Gasteiger partial charge in [0.25, 0.3) is 5.91 Å². The van der Waals surface area contributed by atoms with E-state index in [1.807, 2.05) is 6.92 Å². The van der Waals surface area contributed by atoms with Crippen LogP contribution in [0.15, 0.2) is 18.2 Å². The number of quaternary nitrogens is 1. The molecule has 25 heavy (non-hydrogen) atoms. The van der Waals surface area contributed by atoms with Gasteiger partial charge >= 0.3 is 5.97 Å². The van der Waals surface area contributed by atoms with Crippen molar-refractivity contribution in [1.29, 1.82) is 0 Å². The van der Waals surface area contributed by atoms with E-state index in [1.54, 1.807) is 32.2 Å². The van der Waals surface area contributed by atoms with Crippen molar-refractivity contribution in [2.75, 3.05) is 32.1 Å². The average molecular weight is 370 g/mol. The molecule has 1 heterocycles. The largest absolute Gasteiger partial charge is 0.495 e. The predicted molar refractivity (Wildman–Crippen MR) is 96.1 cm³/mol. The lowest BCUT2D eigenvalue weighted by Crippen LogP contribution is -3.18. The van der Waals surface area contributed by atoms with E-state index in [0.717, 1.165) is 24.3 Å². The number of benzene rings is 1. The maximum atomic E-state index is 12.6. The number of piperidine rings is 1. The van der Waals surface area contributed by atoms with Crippen molar-refractivity contribution in [1.82, 2.24) is 0 Å². The molecule has 1 aliphatic heterocycles. The lowest BCUT2D eigenvalue weighted by atomic mass is 9.97. The summed E-state index contributed by atoms with van der Waals surface area (Å²) in [5, 5.41) is 3.41. The van der Waals surface area contributed by atoms with E-state index in [0.29, 0.717) is 29.6 Å². The molecule has 1 saturated heterocycles. The van der Waals surface area contributed by atoms with Gasteiger partial charge in [0.15, 0.2) is 6.04 Å². The molecule has 1 fully saturated rings. The molecule has 6 nitrogen and oxygen atoms in total. The lowest BCUT2D eigenvalue weighted by molar-refractivity contribution is -0.921. The Hall–Kier alpha value is -1.79. The third-order valence-corrected chi connectivity index (χ3v) is 4.84. The van der Waals surface area contributed by atoms with Crippen LogP contribution in [0.2, 0.25) is 5.02 Å². The molecular weight excluding hydrogens is 344 g/mol. The number of halogens is 1. The minimum Gasteiger partial charge on any atom is -0.495 e. The quantitative estimate of drug-likeness (QED) is 0.746. The molecular formula is C18H26ClN2O4+. The maximum absolute atomic E-state index is 12.6. The van der Waals surface area contributed by atoms with Gasteiger partial charge in [-0.1, -0.05) is 11.6 Å². The van der Waals surface area contributed by atoms with Crippen LogP contribution < -0.4 is 15.0 Å². The number of nitrogens with one attached hydrogen (secondary N) is 2. The standard InChI is InChI=1S/C18H25ClN2O4/c1-4-25-18(23)13-6-5-9-21(11-13)12(2)17(22)20-15-10-14(19)7-8-16(15)24-3/h7-8,10,12-13H,4-6,9,11H2,1-3H3,(H,20,22)/p+1/t12-,13-/m0/s1. The van der Waals surface area contributed by atoms with Crippen molar-refractivity contribution < 1.29 is 24.0 Å². The summed E-state index contributed by atoms with van der Waals surface area (Å²) >= 11 is 6.01. The molecule has 1 aromatic rings. The number of hydrogen-bond donors (Lipinski definition) is 2. The Morgan fingerprint density at radius 3 is 2.88 bits per heavy atom. The van der Waals surface area contributed by atoms with Crippen molar-refractivity contribution in [2.24, 2.45) is 5.92 Å². The van der Waals surface area contributed by atoms with Crippen molar-refractivity contribution in [3.63, 3.8) is 0 Å². The van der Waals surface area contributed by atoms with Gasteiger partial charge in [-0.05, 0) is 44.9 Å². The lowest BCUT2D eigenvalue weighted by Gasteiger charge is -2.32. The summed E-state index contributed by atoms with van der Waals surface area (Å²) in [6, 6.07) is 4.80.